The lowest BCUT2D eigenvalue weighted by Crippen LogP contribution is -2.29. The Bertz CT molecular complexity index is 289. The topological polar surface area (TPSA) is 26.3 Å². The highest BCUT2D eigenvalue weighted by Crippen LogP contribution is 2.43. The minimum atomic E-state index is -0.696. The van der Waals surface area contributed by atoms with E-state index in [2.05, 4.69) is 6.92 Å². The number of rotatable bonds is 8. The van der Waals surface area contributed by atoms with E-state index in [-0.39, 0.29) is 5.97 Å². The lowest BCUT2D eigenvalue weighted by atomic mass is 9.77. The molecule has 128 valence electrons. The minimum absolute atomic E-state index is 0.108. The van der Waals surface area contributed by atoms with Gasteiger partial charge in [-0.3, -0.25) is 4.79 Å². The van der Waals surface area contributed by atoms with Crippen LogP contribution >= 0.6 is 0 Å². The highest BCUT2D eigenvalue weighted by atomic mass is 28.2. The van der Waals surface area contributed by atoms with Crippen LogP contribution < -0.4 is 0 Å². The van der Waals surface area contributed by atoms with Gasteiger partial charge in [-0.2, -0.15) is 0 Å². The van der Waals surface area contributed by atoms with Crippen LogP contribution in [0.15, 0.2) is 0 Å². The summed E-state index contributed by atoms with van der Waals surface area (Å²) < 4.78 is 5.86. The summed E-state index contributed by atoms with van der Waals surface area (Å²) in [6, 6.07) is 0. The maximum Gasteiger partial charge on any atom is 0.292 e. The lowest BCUT2D eigenvalue weighted by Gasteiger charge is -2.37. The standard InChI is InChI=1S/C19H36O2Si/c1-2-3-6-15-18(20)21-22-19(16-11-7-4-8-12-16)17-13-9-5-10-14-17/h16-17,19H,2-15,22H2,1H3. The van der Waals surface area contributed by atoms with Crippen molar-refractivity contribution in [2.75, 3.05) is 0 Å². The number of hydrogen-bond acceptors (Lipinski definition) is 2. The van der Waals surface area contributed by atoms with Gasteiger partial charge in [0, 0.05) is 6.42 Å². The van der Waals surface area contributed by atoms with Gasteiger partial charge in [-0.1, -0.05) is 84.0 Å². The van der Waals surface area contributed by atoms with Crippen molar-refractivity contribution in [1.29, 1.82) is 0 Å². The lowest BCUT2D eigenvalue weighted by molar-refractivity contribution is -0.134. The molecule has 0 unspecified atom stereocenters. The predicted octanol–water partition coefficient (Wildman–Crippen LogP) is 5.14. The Balaban J connectivity index is 1.82. The molecular formula is C19H36O2Si. The zero-order chi connectivity index (χ0) is 15.6. The molecule has 2 rings (SSSR count). The fourth-order valence-corrected chi connectivity index (χ4v) is 6.57. The third-order valence-corrected chi connectivity index (χ3v) is 8.14. The molecule has 0 spiro atoms. The van der Waals surface area contributed by atoms with Gasteiger partial charge in [0.15, 0.2) is 0 Å². The molecule has 0 bridgehead atoms. The first kappa shape index (κ1) is 18.0. The second kappa shape index (κ2) is 10.5. The van der Waals surface area contributed by atoms with E-state index in [9.17, 15) is 4.79 Å². The fraction of sp³-hybridized carbons (Fsp3) is 0.947. The van der Waals surface area contributed by atoms with Crippen molar-refractivity contribution in [3.05, 3.63) is 0 Å². The van der Waals surface area contributed by atoms with E-state index in [4.69, 9.17) is 4.43 Å². The molecule has 0 aromatic heterocycles. The van der Waals surface area contributed by atoms with Gasteiger partial charge < -0.3 is 4.43 Å². The Morgan fingerprint density at radius 3 is 2.00 bits per heavy atom. The molecular weight excluding hydrogens is 288 g/mol. The normalized spacial score (nSPS) is 21.7. The first-order chi connectivity index (χ1) is 10.8. The van der Waals surface area contributed by atoms with E-state index in [0.29, 0.717) is 6.42 Å². The summed E-state index contributed by atoms with van der Waals surface area (Å²) in [7, 11) is -0.696. The van der Waals surface area contributed by atoms with Gasteiger partial charge in [0.1, 0.15) is 0 Å². The van der Waals surface area contributed by atoms with Gasteiger partial charge in [-0.25, -0.2) is 0 Å². The maximum atomic E-state index is 12.0. The maximum absolute atomic E-state index is 12.0. The Morgan fingerprint density at radius 2 is 1.50 bits per heavy atom. The van der Waals surface area contributed by atoms with E-state index < -0.39 is 9.76 Å². The average Bonchev–Trinajstić information content (AvgIpc) is 2.57. The van der Waals surface area contributed by atoms with E-state index >= 15 is 0 Å². The molecule has 2 fully saturated rings. The van der Waals surface area contributed by atoms with Crippen molar-refractivity contribution in [2.45, 2.75) is 102 Å². The molecule has 2 aliphatic rings. The summed E-state index contributed by atoms with van der Waals surface area (Å²) in [4.78, 5) is 12.0. The third kappa shape index (κ3) is 6.06. The molecule has 0 aliphatic heterocycles. The first-order valence-electron chi connectivity index (χ1n) is 9.97. The van der Waals surface area contributed by atoms with Gasteiger partial charge in [0.25, 0.3) is 5.97 Å². The summed E-state index contributed by atoms with van der Waals surface area (Å²) in [5.74, 6) is 1.87. The fourth-order valence-electron chi connectivity index (χ4n) is 4.56. The summed E-state index contributed by atoms with van der Waals surface area (Å²) in [6.07, 6.45) is 18.1. The van der Waals surface area contributed by atoms with E-state index in [1.165, 1.54) is 70.6 Å². The first-order valence-corrected chi connectivity index (χ1v) is 11.4. The van der Waals surface area contributed by atoms with Crippen molar-refractivity contribution in [2.24, 2.45) is 11.8 Å². The van der Waals surface area contributed by atoms with Crippen molar-refractivity contribution in [3.63, 3.8) is 0 Å². The highest BCUT2D eigenvalue weighted by molar-refractivity contribution is 6.33. The second-order valence-corrected chi connectivity index (χ2v) is 9.16. The molecule has 0 N–H and O–H groups in total. The molecule has 2 saturated carbocycles. The number of carbonyl (C=O) groups excluding carboxylic acids is 1. The SMILES string of the molecule is CCCCCC(=O)O[SiH2]C(C1CCCCC1)C1CCCCC1. The highest BCUT2D eigenvalue weighted by Gasteiger charge is 2.32. The van der Waals surface area contributed by atoms with E-state index in [0.717, 1.165) is 30.2 Å². The smallest absolute Gasteiger partial charge is 0.292 e. The molecule has 0 atom stereocenters. The Kier molecular flexibility index (Phi) is 8.57. The zero-order valence-corrected chi connectivity index (χ0v) is 16.1. The Labute approximate surface area is 139 Å². The molecule has 0 amide bonds. The molecule has 2 aliphatic carbocycles. The average molecular weight is 325 g/mol. The molecule has 0 radical (unpaired) electrons. The number of carbonyl (C=O) groups is 1. The van der Waals surface area contributed by atoms with Gasteiger partial charge in [-0.15, -0.1) is 0 Å². The van der Waals surface area contributed by atoms with Crippen LogP contribution in [-0.2, 0) is 9.22 Å². The van der Waals surface area contributed by atoms with Crippen LogP contribution in [0.3, 0.4) is 0 Å². The third-order valence-electron chi connectivity index (χ3n) is 5.93. The molecule has 22 heavy (non-hydrogen) atoms. The Hall–Kier alpha value is -0.313. The van der Waals surface area contributed by atoms with Crippen molar-refractivity contribution in [3.8, 4) is 0 Å². The van der Waals surface area contributed by atoms with Crippen LogP contribution in [0, 0.1) is 11.8 Å². The number of hydrogen-bond donors (Lipinski definition) is 0. The minimum Gasteiger partial charge on any atom is -0.525 e. The van der Waals surface area contributed by atoms with Crippen molar-refractivity contribution in [1.82, 2.24) is 0 Å². The van der Waals surface area contributed by atoms with Gasteiger partial charge >= 0.3 is 0 Å². The summed E-state index contributed by atoms with van der Waals surface area (Å²) in [5.41, 5.74) is 0.788. The molecule has 0 aromatic rings. The van der Waals surface area contributed by atoms with Crippen molar-refractivity contribution >= 4 is 15.7 Å². The quantitative estimate of drug-likeness (QED) is 0.456. The van der Waals surface area contributed by atoms with Crippen LogP contribution in [0.25, 0.3) is 0 Å². The number of unbranched alkanes of at least 4 members (excludes halogenated alkanes) is 2. The zero-order valence-electron chi connectivity index (χ0n) is 14.7. The van der Waals surface area contributed by atoms with Crippen LogP contribution in [0.4, 0.5) is 0 Å². The largest absolute Gasteiger partial charge is 0.525 e. The monoisotopic (exact) mass is 324 g/mol. The van der Waals surface area contributed by atoms with Crippen molar-refractivity contribution < 1.29 is 9.22 Å². The van der Waals surface area contributed by atoms with E-state index in [1.54, 1.807) is 0 Å². The molecule has 0 saturated heterocycles. The Morgan fingerprint density at radius 1 is 0.955 bits per heavy atom. The van der Waals surface area contributed by atoms with E-state index in [1.807, 2.05) is 0 Å². The summed E-state index contributed by atoms with van der Waals surface area (Å²) >= 11 is 0. The molecule has 0 aromatic carbocycles. The van der Waals surface area contributed by atoms with Crippen LogP contribution in [-0.4, -0.2) is 15.7 Å². The van der Waals surface area contributed by atoms with Crippen LogP contribution in [0.2, 0.25) is 5.54 Å². The van der Waals surface area contributed by atoms with Crippen LogP contribution in [0.5, 0.6) is 0 Å². The van der Waals surface area contributed by atoms with Gasteiger partial charge in [0.05, 0.1) is 0 Å². The van der Waals surface area contributed by atoms with Crippen LogP contribution in [0.1, 0.15) is 96.8 Å². The molecule has 0 heterocycles. The van der Waals surface area contributed by atoms with Gasteiger partial charge in [-0.05, 0) is 23.8 Å². The summed E-state index contributed by atoms with van der Waals surface area (Å²) in [5, 5.41) is 0. The second-order valence-electron chi connectivity index (χ2n) is 7.60. The molecule has 3 heteroatoms. The molecule has 2 nitrogen and oxygen atoms in total. The summed E-state index contributed by atoms with van der Waals surface area (Å²) in [6.45, 7) is 2.18. The predicted molar refractivity (Wildman–Crippen MR) is 95.7 cm³/mol. The van der Waals surface area contributed by atoms with Gasteiger partial charge in [0.2, 0.25) is 9.76 Å².